The molecule has 0 radical (unpaired) electrons. The Morgan fingerprint density at radius 2 is 1.89 bits per heavy atom. The highest BCUT2D eigenvalue weighted by atomic mass is 35.5. The number of benzene rings is 1. The molecule has 1 aromatic rings. The van der Waals surface area contributed by atoms with E-state index in [0.717, 1.165) is 18.4 Å². The fraction of sp³-hybridized carbons (Fsp3) is 0.500. The monoisotopic (exact) mass is 296 g/mol. The average molecular weight is 297 g/mol. The maximum Gasteiger partial charge on any atom is 0.154 e. The zero-order valence-electron chi connectivity index (χ0n) is 10.4. The molecule has 1 aromatic carbocycles. The molecule has 0 N–H and O–H groups in total. The van der Waals surface area contributed by atoms with E-state index in [4.69, 9.17) is 11.6 Å². The van der Waals surface area contributed by atoms with Gasteiger partial charge >= 0.3 is 0 Å². The van der Waals surface area contributed by atoms with Crippen molar-refractivity contribution < 1.29 is 17.2 Å². The van der Waals surface area contributed by atoms with Gasteiger partial charge in [0.05, 0.1) is 10.1 Å². The lowest BCUT2D eigenvalue weighted by Gasteiger charge is -2.28. The van der Waals surface area contributed by atoms with Crippen LogP contribution < -0.4 is 0 Å². The summed E-state index contributed by atoms with van der Waals surface area (Å²) >= 11 is 6.06. The lowest BCUT2D eigenvalue weighted by atomic mass is 10.0. The van der Waals surface area contributed by atoms with E-state index >= 15 is 0 Å². The van der Waals surface area contributed by atoms with E-state index in [-0.39, 0.29) is 12.0 Å². The Labute approximate surface area is 111 Å². The van der Waals surface area contributed by atoms with Crippen LogP contribution in [0.4, 0.5) is 8.78 Å². The van der Waals surface area contributed by atoms with Crippen molar-refractivity contribution in [3.8, 4) is 0 Å². The van der Waals surface area contributed by atoms with Crippen LogP contribution in [0.1, 0.15) is 19.4 Å². The second-order valence-corrected chi connectivity index (χ2v) is 7.91. The van der Waals surface area contributed by atoms with E-state index in [1.807, 2.05) is 0 Å². The molecule has 0 aromatic heterocycles. The van der Waals surface area contributed by atoms with E-state index in [1.54, 1.807) is 0 Å². The summed E-state index contributed by atoms with van der Waals surface area (Å²) in [7, 11) is -3.37. The first kappa shape index (κ1) is 15.4. The third-order valence-electron chi connectivity index (χ3n) is 3.12. The SMILES string of the molecule is CC(C)(C(Cl)Cc1ccc(F)cc1F)S(C)(=O)=O. The van der Waals surface area contributed by atoms with Crippen LogP contribution in [0.15, 0.2) is 18.2 Å². The highest BCUT2D eigenvalue weighted by Crippen LogP contribution is 2.28. The van der Waals surface area contributed by atoms with Gasteiger partial charge in [0.25, 0.3) is 0 Å². The van der Waals surface area contributed by atoms with Gasteiger partial charge in [0.15, 0.2) is 9.84 Å². The van der Waals surface area contributed by atoms with Crippen molar-refractivity contribution in [1.82, 2.24) is 0 Å². The number of halogens is 3. The second-order valence-electron chi connectivity index (χ2n) is 4.78. The Morgan fingerprint density at radius 3 is 2.33 bits per heavy atom. The van der Waals surface area contributed by atoms with Crippen LogP contribution in [-0.2, 0) is 16.3 Å². The molecule has 0 spiro atoms. The van der Waals surface area contributed by atoms with Crippen molar-refractivity contribution in [1.29, 1.82) is 0 Å². The summed E-state index contributed by atoms with van der Waals surface area (Å²) in [5, 5.41) is -0.799. The first-order valence-corrected chi connectivity index (χ1v) is 7.66. The largest absolute Gasteiger partial charge is 0.229 e. The highest BCUT2D eigenvalue weighted by molar-refractivity contribution is 7.92. The van der Waals surface area contributed by atoms with Crippen LogP contribution in [0.5, 0.6) is 0 Å². The van der Waals surface area contributed by atoms with Crippen molar-refractivity contribution in [2.45, 2.75) is 30.4 Å². The number of hydrogen-bond donors (Lipinski definition) is 0. The summed E-state index contributed by atoms with van der Waals surface area (Å²) < 4.78 is 48.2. The molecule has 0 aliphatic rings. The molecule has 18 heavy (non-hydrogen) atoms. The van der Waals surface area contributed by atoms with Gasteiger partial charge in [-0.3, -0.25) is 0 Å². The summed E-state index contributed by atoms with van der Waals surface area (Å²) in [5.74, 6) is -1.39. The van der Waals surface area contributed by atoms with Gasteiger partial charge in [-0.05, 0) is 31.9 Å². The summed E-state index contributed by atoms with van der Waals surface area (Å²) in [6, 6.07) is 3.15. The fourth-order valence-corrected chi connectivity index (χ4v) is 2.56. The van der Waals surface area contributed by atoms with Gasteiger partial charge in [0.2, 0.25) is 0 Å². The quantitative estimate of drug-likeness (QED) is 0.801. The van der Waals surface area contributed by atoms with Crippen molar-refractivity contribution in [3.05, 3.63) is 35.4 Å². The molecule has 102 valence electrons. The van der Waals surface area contributed by atoms with Crippen LogP contribution in [0.3, 0.4) is 0 Å². The molecule has 0 amide bonds. The second kappa shape index (κ2) is 5.13. The molecule has 0 heterocycles. The number of sulfone groups is 1. The minimum Gasteiger partial charge on any atom is -0.229 e. The molecule has 2 nitrogen and oxygen atoms in total. The van der Waals surface area contributed by atoms with Crippen LogP contribution in [0.25, 0.3) is 0 Å². The molecule has 0 fully saturated rings. The van der Waals surface area contributed by atoms with E-state index in [0.29, 0.717) is 0 Å². The zero-order chi connectivity index (χ0) is 14.1. The molecule has 1 atom stereocenters. The Hall–Kier alpha value is -0.680. The highest BCUT2D eigenvalue weighted by Gasteiger charge is 2.38. The molecule has 0 saturated heterocycles. The van der Waals surface area contributed by atoms with E-state index in [2.05, 4.69) is 0 Å². The lowest BCUT2D eigenvalue weighted by molar-refractivity contribution is 0.526. The molecule has 0 saturated carbocycles. The molecule has 1 rings (SSSR count). The molecular formula is C12H15ClF2O2S. The van der Waals surface area contributed by atoms with Gasteiger partial charge in [-0.1, -0.05) is 6.07 Å². The van der Waals surface area contributed by atoms with Gasteiger partial charge < -0.3 is 0 Å². The summed E-state index contributed by atoms with van der Waals surface area (Å²) in [6.45, 7) is 2.98. The lowest BCUT2D eigenvalue weighted by Crippen LogP contribution is -2.41. The van der Waals surface area contributed by atoms with Gasteiger partial charge in [-0.15, -0.1) is 11.6 Å². The third-order valence-corrected chi connectivity index (χ3v) is 6.15. The zero-order valence-corrected chi connectivity index (χ0v) is 11.9. The smallest absolute Gasteiger partial charge is 0.154 e. The predicted molar refractivity (Wildman–Crippen MR) is 68.6 cm³/mol. The maximum atomic E-state index is 13.4. The van der Waals surface area contributed by atoms with Crippen molar-refractivity contribution in [3.63, 3.8) is 0 Å². The summed E-state index contributed by atoms with van der Waals surface area (Å²) in [4.78, 5) is 0. The summed E-state index contributed by atoms with van der Waals surface area (Å²) in [6.07, 6.45) is 1.11. The minimum atomic E-state index is -3.37. The normalized spacial score (nSPS) is 14.6. The van der Waals surface area contributed by atoms with E-state index < -0.39 is 31.6 Å². The van der Waals surface area contributed by atoms with Crippen LogP contribution in [0.2, 0.25) is 0 Å². The molecule has 1 unspecified atom stereocenters. The fourth-order valence-electron chi connectivity index (χ4n) is 1.36. The van der Waals surface area contributed by atoms with Crippen LogP contribution in [0, 0.1) is 11.6 Å². The van der Waals surface area contributed by atoms with Crippen LogP contribution in [-0.4, -0.2) is 24.8 Å². The van der Waals surface area contributed by atoms with E-state index in [1.165, 1.54) is 19.9 Å². The first-order valence-electron chi connectivity index (χ1n) is 5.33. The first-order chi connectivity index (χ1) is 8.05. The number of alkyl halides is 1. The number of rotatable bonds is 4. The van der Waals surface area contributed by atoms with Crippen molar-refractivity contribution >= 4 is 21.4 Å². The van der Waals surface area contributed by atoms with Crippen molar-refractivity contribution in [2.75, 3.05) is 6.26 Å². The molecule has 0 aliphatic carbocycles. The van der Waals surface area contributed by atoms with Gasteiger partial charge in [-0.25, -0.2) is 17.2 Å². The molecule has 0 aliphatic heterocycles. The third kappa shape index (κ3) is 3.20. The van der Waals surface area contributed by atoms with Gasteiger partial charge in [-0.2, -0.15) is 0 Å². The maximum absolute atomic E-state index is 13.4. The topological polar surface area (TPSA) is 34.1 Å². The predicted octanol–water partition coefficient (Wildman–Crippen LogP) is 2.94. The Bertz CT molecular complexity index is 541. The summed E-state index contributed by atoms with van der Waals surface area (Å²) in [5.41, 5.74) is 0.202. The molecule has 0 bridgehead atoms. The minimum absolute atomic E-state index is 0.0216. The molecular weight excluding hydrogens is 282 g/mol. The standard InChI is InChI=1S/C12H15ClF2O2S/c1-12(2,18(3,16)17)11(13)6-8-4-5-9(14)7-10(8)15/h4-5,7,11H,6H2,1-3H3. The Morgan fingerprint density at radius 1 is 1.33 bits per heavy atom. The number of hydrogen-bond acceptors (Lipinski definition) is 2. The van der Waals surface area contributed by atoms with Gasteiger partial charge in [0, 0.05) is 12.3 Å². The van der Waals surface area contributed by atoms with E-state index in [9.17, 15) is 17.2 Å². The average Bonchev–Trinajstić information content (AvgIpc) is 2.20. The van der Waals surface area contributed by atoms with Crippen molar-refractivity contribution in [2.24, 2.45) is 0 Å². The Kier molecular flexibility index (Phi) is 4.38. The van der Waals surface area contributed by atoms with Crippen LogP contribution >= 0.6 is 11.6 Å². The molecule has 6 heteroatoms. The van der Waals surface area contributed by atoms with Gasteiger partial charge in [0.1, 0.15) is 11.6 Å². The Balaban J connectivity index is 2.98.